The lowest BCUT2D eigenvalue weighted by Crippen LogP contribution is -3.08. The number of aryl methyl sites for hydroxylation is 1. The summed E-state index contributed by atoms with van der Waals surface area (Å²) < 4.78 is 0. The Hall–Kier alpha value is -1.81. The first-order valence-electron chi connectivity index (χ1n) is 7.33. The number of nitriles is 1. The number of para-hydroxylation sites is 1. The summed E-state index contributed by atoms with van der Waals surface area (Å²) in [6.07, 6.45) is 0. The number of amides is 1. The molecule has 1 amide bonds. The Kier molecular flexibility index (Phi) is 6.66. The van der Waals surface area contributed by atoms with E-state index in [-0.39, 0.29) is 5.91 Å². The van der Waals surface area contributed by atoms with Crippen LogP contribution in [0.25, 0.3) is 0 Å². The molecule has 0 saturated carbocycles. The lowest BCUT2D eigenvalue weighted by Gasteiger charge is -2.14. The van der Waals surface area contributed by atoms with Gasteiger partial charge in [-0.05, 0) is 36.1 Å². The fraction of sp³-hybridized carbons (Fsp3) is 0.294. The third kappa shape index (κ3) is 5.39. The molecule has 1 heterocycles. The van der Waals surface area contributed by atoms with E-state index in [4.69, 9.17) is 5.26 Å². The van der Waals surface area contributed by atoms with Crippen molar-refractivity contribution in [2.75, 3.05) is 24.7 Å². The van der Waals surface area contributed by atoms with Gasteiger partial charge >= 0.3 is 0 Å². The average Bonchev–Trinajstić information content (AvgIpc) is 2.91. The van der Waals surface area contributed by atoms with Gasteiger partial charge in [-0.25, -0.2) is 0 Å². The minimum Gasteiger partial charge on any atom is -0.325 e. The number of nitrogens with zero attached hydrogens (tertiary/aromatic N) is 1. The van der Waals surface area contributed by atoms with Crippen LogP contribution < -0.4 is 10.2 Å². The predicted molar refractivity (Wildman–Crippen MR) is 95.9 cm³/mol. The summed E-state index contributed by atoms with van der Waals surface area (Å²) in [5.74, 6) is 0.358. The predicted octanol–water partition coefficient (Wildman–Crippen LogP) is 2.33. The molecule has 0 bridgehead atoms. The van der Waals surface area contributed by atoms with E-state index in [0.717, 1.165) is 22.0 Å². The van der Waals surface area contributed by atoms with Crippen LogP contribution in [0.5, 0.6) is 0 Å². The van der Waals surface area contributed by atoms with E-state index in [9.17, 15) is 4.79 Å². The standard InChI is InChI=1S/C17H19N3OS2/c1-13-7-9-22-16(13)11-20(2)12-17(21)19-14-5-3-4-6-15(14)23-10-8-18/h3-7,9H,10-12H2,1-2H3,(H,19,21)/p+1. The quantitative estimate of drug-likeness (QED) is 0.757. The van der Waals surface area contributed by atoms with E-state index >= 15 is 0 Å². The molecule has 0 aliphatic carbocycles. The van der Waals surface area contributed by atoms with Crippen molar-refractivity contribution in [2.24, 2.45) is 0 Å². The maximum Gasteiger partial charge on any atom is 0.279 e. The molecular formula is C17H20N3OS2+. The first kappa shape index (κ1) is 17.5. The second kappa shape index (κ2) is 8.73. The van der Waals surface area contributed by atoms with Gasteiger partial charge in [-0.3, -0.25) is 4.79 Å². The molecule has 1 aromatic carbocycles. The number of carbonyl (C=O) groups is 1. The van der Waals surface area contributed by atoms with E-state index in [1.165, 1.54) is 22.2 Å². The number of likely N-dealkylation sites (N-methyl/N-ethyl adjacent to an activating group) is 1. The van der Waals surface area contributed by atoms with Gasteiger partial charge in [-0.2, -0.15) is 5.26 Å². The Labute approximate surface area is 145 Å². The molecule has 0 spiro atoms. The van der Waals surface area contributed by atoms with Crippen LogP contribution in [0.15, 0.2) is 40.6 Å². The van der Waals surface area contributed by atoms with Gasteiger partial charge in [0.15, 0.2) is 6.54 Å². The fourth-order valence-electron chi connectivity index (χ4n) is 2.20. The van der Waals surface area contributed by atoms with Crippen molar-refractivity contribution < 1.29 is 9.69 Å². The van der Waals surface area contributed by atoms with E-state index in [2.05, 4.69) is 29.8 Å². The Balaban J connectivity index is 1.92. The van der Waals surface area contributed by atoms with Gasteiger partial charge in [-0.15, -0.1) is 23.1 Å². The first-order valence-corrected chi connectivity index (χ1v) is 9.19. The second-order valence-electron chi connectivity index (χ2n) is 5.33. The summed E-state index contributed by atoms with van der Waals surface area (Å²) in [5, 5.41) is 13.7. The number of anilines is 1. The third-order valence-electron chi connectivity index (χ3n) is 3.35. The van der Waals surface area contributed by atoms with Gasteiger partial charge in [0.1, 0.15) is 6.54 Å². The number of hydrogen-bond acceptors (Lipinski definition) is 4. The molecule has 2 rings (SSSR count). The van der Waals surface area contributed by atoms with Crippen LogP contribution in [-0.4, -0.2) is 25.3 Å². The SMILES string of the molecule is Cc1ccsc1C[NH+](C)CC(=O)Nc1ccccc1SCC#N. The zero-order valence-corrected chi connectivity index (χ0v) is 14.9. The summed E-state index contributed by atoms with van der Waals surface area (Å²) in [7, 11) is 2.02. The van der Waals surface area contributed by atoms with Crippen molar-refractivity contribution in [1.82, 2.24) is 0 Å². The molecule has 2 N–H and O–H groups in total. The molecule has 120 valence electrons. The van der Waals surface area contributed by atoms with Crippen LogP contribution >= 0.6 is 23.1 Å². The van der Waals surface area contributed by atoms with Crippen LogP contribution in [0, 0.1) is 18.3 Å². The van der Waals surface area contributed by atoms with Gasteiger partial charge in [0, 0.05) is 4.90 Å². The smallest absolute Gasteiger partial charge is 0.279 e. The zero-order valence-electron chi connectivity index (χ0n) is 13.3. The van der Waals surface area contributed by atoms with Crippen molar-refractivity contribution >= 4 is 34.7 Å². The minimum atomic E-state index is -0.0123. The lowest BCUT2D eigenvalue weighted by atomic mass is 10.3. The number of benzene rings is 1. The van der Waals surface area contributed by atoms with E-state index < -0.39 is 0 Å². The topological polar surface area (TPSA) is 57.3 Å². The highest BCUT2D eigenvalue weighted by atomic mass is 32.2. The van der Waals surface area contributed by atoms with Crippen molar-refractivity contribution in [3.8, 4) is 6.07 Å². The Bertz CT molecular complexity index is 706. The number of thiophene rings is 1. The molecule has 0 aliphatic heterocycles. The van der Waals surface area contributed by atoms with Crippen LogP contribution in [0.3, 0.4) is 0 Å². The molecule has 1 atom stereocenters. The maximum atomic E-state index is 12.3. The first-order chi connectivity index (χ1) is 11.1. The van der Waals surface area contributed by atoms with Gasteiger partial charge in [0.2, 0.25) is 0 Å². The van der Waals surface area contributed by atoms with Gasteiger partial charge < -0.3 is 10.2 Å². The highest BCUT2D eigenvalue weighted by molar-refractivity contribution is 7.99. The molecule has 2 aromatic rings. The molecular weight excluding hydrogens is 326 g/mol. The highest BCUT2D eigenvalue weighted by Crippen LogP contribution is 2.26. The van der Waals surface area contributed by atoms with Crippen molar-refractivity contribution in [1.29, 1.82) is 5.26 Å². The largest absolute Gasteiger partial charge is 0.325 e. The number of thioether (sulfide) groups is 1. The summed E-state index contributed by atoms with van der Waals surface area (Å²) >= 11 is 3.17. The van der Waals surface area contributed by atoms with Gasteiger partial charge in [0.25, 0.3) is 5.91 Å². The van der Waals surface area contributed by atoms with Crippen molar-refractivity contribution in [2.45, 2.75) is 18.4 Å². The fourth-order valence-corrected chi connectivity index (χ4v) is 3.89. The normalized spacial score (nSPS) is 11.7. The van der Waals surface area contributed by atoms with Gasteiger partial charge in [-0.1, -0.05) is 12.1 Å². The Morgan fingerprint density at radius 1 is 1.39 bits per heavy atom. The summed E-state index contributed by atoms with van der Waals surface area (Å²) in [6, 6.07) is 11.8. The van der Waals surface area contributed by atoms with Crippen molar-refractivity contribution in [3.63, 3.8) is 0 Å². The number of carbonyl (C=O) groups excluding carboxylic acids is 1. The van der Waals surface area contributed by atoms with Gasteiger partial charge in [0.05, 0.1) is 29.4 Å². The molecule has 6 heteroatoms. The maximum absolute atomic E-state index is 12.3. The summed E-state index contributed by atoms with van der Waals surface area (Å²) in [5.41, 5.74) is 2.06. The molecule has 4 nitrogen and oxygen atoms in total. The number of nitrogens with one attached hydrogen (secondary N) is 2. The van der Waals surface area contributed by atoms with Crippen LogP contribution in [-0.2, 0) is 11.3 Å². The summed E-state index contributed by atoms with van der Waals surface area (Å²) in [6.45, 7) is 3.36. The second-order valence-corrected chi connectivity index (χ2v) is 7.35. The van der Waals surface area contributed by atoms with Crippen LogP contribution in [0.4, 0.5) is 5.69 Å². The van der Waals surface area contributed by atoms with E-state index in [1.807, 2.05) is 31.3 Å². The van der Waals surface area contributed by atoms with Crippen LogP contribution in [0.2, 0.25) is 0 Å². The molecule has 1 unspecified atom stereocenters. The molecule has 0 saturated heterocycles. The molecule has 23 heavy (non-hydrogen) atoms. The molecule has 0 radical (unpaired) electrons. The number of quaternary nitrogens is 1. The Morgan fingerprint density at radius 3 is 2.87 bits per heavy atom. The summed E-state index contributed by atoms with van der Waals surface area (Å²) in [4.78, 5) is 15.7. The average molecular weight is 347 g/mol. The Morgan fingerprint density at radius 2 is 2.17 bits per heavy atom. The molecule has 0 aliphatic rings. The van der Waals surface area contributed by atoms with Crippen LogP contribution in [0.1, 0.15) is 10.4 Å². The van der Waals surface area contributed by atoms with E-state index in [1.54, 1.807) is 11.3 Å². The monoisotopic (exact) mass is 346 g/mol. The lowest BCUT2D eigenvalue weighted by molar-refractivity contribution is -0.884. The van der Waals surface area contributed by atoms with E-state index in [0.29, 0.717) is 12.3 Å². The molecule has 0 fully saturated rings. The highest BCUT2D eigenvalue weighted by Gasteiger charge is 2.14. The third-order valence-corrected chi connectivity index (χ3v) is 5.31. The molecule has 1 aromatic heterocycles. The van der Waals surface area contributed by atoms with Crippen molar-refractivity contribution in [3.05, 3.63) is 46.2 Å². The zero-order chi connectivity index (χ0) is 16.7. The minimum absolute atomic E-state index is 0.0123. The number of hydrogen-bond donors (Lipinski definition) is 2. The number of rotatable bonds is 7.